The number of anilines is 1. The van der Waals surface area contributed by atoms with Crippen molar-refractivity contribution in [3.8, 4) is 11.5 Å². The predicted octanol–water partition coefficient (Wildman–Crippen LogP) is 5.16. The van der Waals surface area contributed by atoms with Crippen LogP contribution in [0.4, 0.5) is 5.69 Å². The molecule has 1 saturated heterocycles. The highest BCUT2D eigenvalue weighted by atomic mass is 79.9. The molecule has 2 aromatic carbocycles. The Morgan fingerprint density at radius 3 is 2.67 bits per heavy atom. The highest BCUT2D eigenvalue weighted by Gasteiger charge is 2.33. The maximum Gasteiger partial charge on any atom is 0.266 e. The number of carbonyl (C=O) groups excluding carboxylic acids is 2. The van der Waals surface area contributed by atoms with Crippen LogP contribution in [0.1, 0.15) is 12.5 Å². The van der Waals surface area contributed by atoms with Gasteiger partial charge in [-0.1, -0.05) is 39.9 Å². The number of benzene rings is 2. The third kappa shape index (κ3) is 5.42. The first kappa shape index (κ1) is 22.8. The minimum Gasteiger partial charge on any atom is -0.506 e. The molecule has 0 aromatic heterocycles. The van der Waals surface area contributed by atoms with Crippen molar-refractivity contribution in [1.82, 2.24) is 4.90 Å². The van der Waals surface area contributed by atoms with E-state index in [0.29, 0.717) is 33.0 Å². The molecule has 6 nitrogen and oxygen atoms in total. The van der Waals surface area contributed by atoms with E-state index in [1.807, 2.05) is 6.92 Å². The summed E-state index contributed by atoms with van der Waals surface area (Å²) in [5, 5.41) is 12.9. The lowest BCUT2D eigenvalue weighted by atomic mass is 10.2. The minimum atomic E-state index is -0.387. The van der Waals surface area contributed by atoms with Gasteiger partial charge >= 0.3 is 0 Å². The molecule has 1 fully saturated rings. The zero-order valence-electron chi connectivity index (χ0n) is 15.6. The number of carbonyl (C=O) groups is 2. The molecule has 2 amide bonds. The number of thioether (sulfide) groups is 1. The van der Waals surface area contributed by atoms with E-state index in [4.69, 9.17) is 17.0 Å². The van der Waals surface area contributed by atoms with Gasteiger partial charge in [0.25, 0.3) is 5.91 Å². The molecule has 0 aliphatic carbocycles. The van der Waals surface area contributed by atoms with Crippen molar-refractivity contribution in [2.24, 2.45) is 0 Å². The van der Waals surface area contributed by atoms with E-state index in [2.05, 4.69) is 37.2 Å². The number of nitrogens with zero attached hydrogens (tertiary/aromatic N) is 1. The van der Waals surface area contributed by atoms with Gasteiger partial charge in [0.05, 0.1) is 16.0 Å². The molecule has 3 rings (SSSR count). The fourth-order valence-corrected chi connectivity index (χ4v) is 5.12. The largest absolute Gasteiger partial charge is 0.506 e. The first-order chi connectivity index (χ1) is 14.3. The van der Waals surface area contributed by atoms with Crippen molar-refractivity contribution >= 4 is 83.7 Å². The fraction of sp³-hybridized carbons (Fsp3) is 0.150. The number of phenolic OH excluding ortho intramolecular Hbond substituents is 1. The average molecular weight is 572 g/mol. The second-order valence-electron chi connectivity index (χ2n) is 6.10. The molecule has 10 heteroatoms. The number of hydrogen-bond donors (Lipinski definition) is 2. The Morgan fingerprint density at radius 1 is 1.30 bits per heavy atom. The Hall–Kier alpha value is -1.88. The third-order valence-corrected chi connectivity index (χ3v) is 6.41. The molecule has 1 heterocycles. The third-order valence-electron chi connectivity index (χ3n) is 3.97. The fourth-order valence-electron chi connectivity index (χ4n) is 2.62. The van der Waals surface area contributed by atoms with E-state index in [-0.39, 0.29) is 28.4 Å². The second-order valence-corrected chi connectivity index (χ2v) is 9.54. The molecule has 0 radical (unpaired) electrons. The number of thiocarbonyl (C=S) groups is 1. The summed E-state index contributed by atoms with van der Waals surface area (Å²) in [5.74, 6) is -0.0381. The second kappa shape index (κ2) is 9.95. The normalized spacial score (nSPS) is 15.0. The lowest BCUT2D eigenvalue weighted by molar-refractivity contribution is -0.126. The molecular weight excluding hydrogens is 556 g/mol. The van der Waals surface area contributed by atoms with Crippen molar-refractivity contribution < 1.29 is 19.4 Å². The average Bonchev–Trinajstić information content (AvgIpc) is 2.95. The van der Waals surface area contributed by atoms with Gasteiger partial charge in [-0.25, -0.2) is 0 Å². The van der Waals surface area contributed by atoms with E-state index in [1.54, 1.807) is 42.5 Å². The van der Waals surface area contributed by atoms with Crippen LogP contribution >= 0.6 is 55.8 Å². The number of phenols is 1. The number of ether oxygens (including phenoxy) is 1. The summed E-state index contributed by atoms with van der Waals surface area (Å²) >= 11 is 13.0. The maximum absolute atomic E-state index is 12.8. The number of hydrogen-bond acceptors (Lipinski definition) is 6. The molecule has 0 spiro atoms. The van der Waals surface area contributed by atoms with E-state index < -0.39 is 0 Å². The molecule has 0 bridgehead atoms. The van der Waals surface area contributed by atoms with Crippen LogP contribution in [0.25, 0.3) is 6.08 Å². The van der Waals surface area contributed by atoms with Gasteiger partial charge in [-0.2, -0.15) is 0 Å². The molecule has 0 atom stereocenters. The van der Waals surface area contributed by atoms with E-state index in [9.17, 15) is 14.7 Å². The molecule has 30 heavy (non-hydrogen) atoms. The van der Waals surface area contributed by atoms with Gasteiger partial charge in [0.15, 0.2) is 0 Å². The zero-order valence-corrected chi connectivity index (χ0v) is 20.5. The Labute approximate surface area is 199 Å². The number of nitrogens with one attached hydrogen (secondary N) is 1. The predicted molar refractivity (Wildman–Crippen MR) is 130 cm³/mol. The lowest BCUT2D eigenvalue weighted by Gasteiger charge is -2.14. The van der Waals surface area contributed by atoms with Gasteiger partial charge in [-0.05, 0) is 65.3 Å². The van der Waals surface area contributed by atoms with Crippen LogP contribution in [0.15, 0.2) is 50.2 Å². The SMILES string of the molecule is CCOc1ccc(NC(=O)CN2C(=O)/C(=C/c3cc(Br)cc(Br)c3O)SC2=S)cc1. The molecule has 2 N–H and O–H groups in total. The standard InChI is InChI=1S/C20H16Br2N2O4S2/c1-2-28-14-5-3-13(4-6-14)23-17(25)10-24-19(27)16(30-20(24)29)8-11-7-12(21)9-15(22)18(11)26/h3-9,26H,2,10H2,1H3,(H,23,25)/b16-8-. The van der Waals surface area contributed by atoms with Gasteiger partial charge in [0.2, 0.25) is 5.91 Å². The van der Waals surface area contributed by atoms with Gasteiger partial charge in [0.1, 0.15) is 22.4 Å². The Morgan fingerprint density at radius 2 is 2.00 bits per heavy atom. The van der Waals surface area contributed by atoms with Crippen molar-refractivity contribution in [2.45, 2.75) is 6.92 Å². The summed E-state index contributed by atoms with van der Waals surface area (Å²) in [6.07, 6.45) is 1.55. The van der Waals surface area contributed by atoms with Gasteiger partial charge in [-0.15, -0.1) is 0 Å². The van der Waals surface area contributed by atoms with E-state index in [1.165, 1.54) is 4.90 Å². The summed E-state index contributed by atoms with van der Waals surface area (Å²) < 4.78 is 6.88. The van der Waals surface area contributed by atoms with Crippen LogP contribution in [0.3, 0.4) is 0 Å². The Balaban J connectivity index is 1.70. The van der Waals surface area contributed by atoms with Crippen LogP contribution < -0.4 is 10.1 Å². The van der Waals surface area contributed by atoms with Crippen LogP contribution in [0.2, 0.25) is 0 Å². The van der Waals surface area contributed by atoms with Crippen LogP contribution in [0, 0.1) is 0 Å². The topological polar surface area (TPSA) is 78.9 Å². The minimum absolute atomic E-state index is 0.0108. The summed E-state index contributed by atoms with van der Waals surface area (Å²) in [6, 6.07) is 10.3. The summed E-state index contributed by atoms with van der Waals surface area (Å²) in [5.41, 5.74) is 1.05. The van der Waals surface area contributed by atoms with Crippen LogP contribution in [0.5, 0.6) is 11.5 Å². The highest BCUT2D eigenvalue weighted by molar-refractivity contribution is 9.11. The van der Waals surface area contributed by atoms with E-state index in [0.717, 1.165) is 16.2 Å². The quantitative estimate of drug-likeness (QED) is 0.368. The number of rotatable bonds is 6. The van der Waals surface area contributed by atoms with Crippen molar-refractivity contribution in [3.63, 3.8) is 0 Å². The van der Waals surface area contributed by atoms with Crippen molar-refractivity contribution in [2.75, 3.05) is 18.5 Å². The monoisotopic (exact) mass is 570 g/mol. The molecule has 1 aliphatic rings. The van der Waals surface area contributed by atoms with Crippen molar-refractivity contribution in [3.05, 3.63) is 55.8 Å². The number of amides is 2. The first-order valence-corrected chi connectivity index (χ1v) is 11.6. The van der Waals surface area contributed by atoms with Crippen LogP contribution in [-0.4, -0.2) is 39.3 Å². The first-order valence-electron chi connectivity index (χ1n) is 8.74. The Kier molecular flexibility index (Phi) is 7.56. The summed E-state index contributed by atoms with van der Waals surface area (Å²) in [7, 11) is 0. The van der Waals surface area contributed by atoms with Gasteiger partial charge < -0.3 is 15.2 Å². The molecule has 0 unspecified atom stereocenters. The lowest BCUT2D eigenvalue weighted by Crippen LogP contribution is -2.36. The smallest absolute Gasteiger partial charge is 0.266 e. The molecule has 2 aromatic rings. The van der Waals surface area contributed by atoms with Crippen molar-refractivity contribution in [1.29, 1.82) is 0 Å². The molecule has 0 saturated carbocycles. The van der Waals surface area contributed by atoms with Gasteiger partial charge in [0, 0.05) is 15.7 Å². The maximum atomic E-state index is 12.8. The number of halogens is 2. The zero-order chi connectivity index (χ0) is 21.8. The summed E-state index contributed by atoms with van der Waals surface area (Å²) in [4.78, 5) is 26.7. The van der Waals surface area contributed by atoms with Crippen LogP contribution in [-0.2, 0) is 9.59 Å². The number of aromatic hydroxyl groups is 1. The highest BCUT2D eigenvalue weighted by Crippen LogP contribution is 2.37. The summed E-state index contributed by atoms with van der Waals surface area (Å²) in [6.45, 7) is 2.24. The van der Waals surface area contributed by atoms with E-state index >= 15 is 0 Å². The molecule has 156 valence electrons. The molecule has 1 aliphatic heterocycles. The molecular formula is C20H16Br2N2O4S2. The van der Waals surface area contributed by atoms with Gasteiger partial charge in [-0.3, -0.25) is 14.5 Å². The Bertz CT molecular complexity index is 1040.